The lowest BCUT2D eigenvalue weighted by Crippen LogP contribution is -2.42. The van der Waals surface area contributed by atoms with Crippen LogP contribution in [-0.2, 0) is 9.59 Å². The Morgan fingerprint density at radius 2 is 1.12 bits per heavy atom. The molecule has 0 heterocycles. The zero-order valence-electron chi connectivity index (χ0n) is 11.4. The molecule has 0 aromatic carbocycles. The second kappa shape index (κ2) is 6.66. The normalized spacial score (nSPS) is 11.3. The molecule has 0 aromatic heterocycles. The smallest absolute Gasteiger partial charge is 0.229 e. The molecule has 0 saturated heterocycles. The minimum Gasteiger partial charge on any atom is -0.280 e. The van der Waals surface area contributed by atoms with E-state index in [-0.39, 0.29) is 17.9 Å². The summed E-state index contributed by atoms with van der Waals surface area (Å²) >= 11 is 0. The second-order valence-corrected chi connectivity index (χ2v) is 5.45. The second-order valence-electron chi connectivity index (χ2n) is 5.45. The van der Waals surface area contributed by atoms with E-state index in [9.17, 15) is 9.59 Å². The molecule has 0 radical (unpaired) electrons. The predicted molar refractivity (Wildman–Crippen MR) is 65.9 cm³/mol. The Bertz CT molecular complexity index is 222. The zero-order valence-corrected chi connectivity index (χ0v) is 11.4. The van der Waals surface area contributed by atoms with Crippen LogP contribution >= 0.6 is 0 Å². The Morgan fingerprint density at radius 3 is 1.31 bits per heavy atom. The monoisotopic (exact) mass is 227 g/mol. The Balaban J connectivity index is 4.60. The van der Waals surface area contributed by atoms with Crippen LogP contribution in [0.3, 0.4) is 0 Å². The van der Waals surface area contributed by atoms with Crippen molar-refractivity contribution < 1.29 is 9.59 Å². The molecular formula is C13H25NO2. The number of carbonyl (C=O) groups excluding carboxylic acids is 2. The third-order valence-corrected chi connectivity index (χ3v) is 2.22. The van der Waals surface area contributed by atoms with Gasteiger partial charge in [-0.05, 0) is 25.7 Å². The highest BCUT2D eigenvalue weighted by Crippen LogP contribution is 2.12. The molecular weight excluding hydrogens is 202 g/mol. The van der Waals surface area contributed by atoms with E-state index in [2.05, 4.69) is 0 Å². The Labute approximate surface area is 99.2 Å². The minimum absolute atomic E-state index is 0.0440. The largest absolute Gasteiger partial charge is 0.280 e. The Morgan fingerprint density at radius 1 is 0.812 bits per heavy atom. The summed E-state index contributed by atoms with van der Waals surface area (Å²) in [6, 6.07) is -0.0440. The number of nitrogens with zero attached hydrogens (tertiary/aromatic N) is 1. The van der Waals surface area contributed by atoms with Crippen molar-refractivity contribution in [1.29, 1.82) is 0 Å². The van der Waals surface area contributed by atoms with E-state index in [0.717, 1.165) is 0 Å². The summed E-state index contributed by atoms with van der Waals surface area (Å²) in [5, 5.41) is 0. The third-order valence-electron chi connectivity index (χ3n) is 2.22. The van der Waals surface area contributed by atoms with E-state index in [1.165, 1.54) is 4.90 Å². The molecule has 0 N–H and O–H groups in total. The SMILES string of the molecule is CC(C)CC(=O)N(C(=O)CC(C)C)C(C)C. The molecule has 94 valence electrons. The molecule has 0 spiro atoms. The van der Waals surface area contributed by atoms with Crippen LogP contribution in [0.25, 0.3) is 0 Å². The zero-order chi connectivity index (χ0) is 12.9. The summed E-state index contributed by atoms with van der Waals surface area (Å²) < 4.78 is 0. The van der Waals surface area contributed by atoms with Crippen LogP contribution in [0.2, 0.25) is 0 Å². The van der Waals surface area contributed by atoms with Crippen molar-refractivity contribution >= 4 is 11.8 Å². The van der Waals surface area contributed by atoms with Gasteiger partial charge < -0.3 is 0 Å². The number of amides is 2. The number of hydrogen-bond acceptors (Lipinski definition) is 2. The lowest BCUT2D eigenvalue weighted by Gasteiger charge is -2.26. The van der Waals surface area contributed by atoms with Crippen molar-refractivity contribution in [3.8, 4) is 0 Å². The van der Waals surface area contributed by atoms with Gasteiger partial charge in [0.2, 0.25) is 11.8 Å². The van der Waals surface area contributed by atoms with Crippen LogP contribution in [0.15, 0.2) is 0 Å². The van der Waals surface area contributed by atoms with E-state index >= 15 is 0 Å². The molecule has 0 saturated carbocycles. The van der Waals surface area contributed by atoms with Gasteiger partial charge in [0.05, 0.1) is 0 Å². The number of hydrogen-bond donors (Lipinski definition) is 0. The molecule has 3 heteroatoms. The fourth-order valence-electron chi connectivity index (χ4n) is 1.61. The molecule has 0 unspecified atom stereocenters. The van der Waals surface area contributed by atoms with Gasteiger partial charge in [-0.2, -0.15) is 0 Å². The standard InChI is InChI=1S/C13H25NO2/c1-9(2)7-12(15)14(11(5)6)13(16)8-10(3)4/h9-11H,7-8H2,1-6H3. The third kappa shape index (κ3) is 5.29. The van der Waals surface area contributed by atoms with Crippen LogP contribution in [0.1, 0.15) is 54.4 Å². The maximum Gasteiger partial charge on any atom is 0.229 e. The van der Waals surface area contributed by atoms with Crippen molar-refractivity contribution in [2.24, 2.45) is 11.8 Å². The first kappa shape index (κ1) is 15.1. The first-order valence-corrected chi connectivity index (χ1v) is 6.10. The Kier molecular flexibility index (Phi) is 6.31. The van der Waals surface area contributed by atoms with E-state index in [4.69, 9.17) is 0 Å². The lowest BCUT2D eigenvalue weighted by molar-refractivity contribution is -0.147. The Hall–Kier alpha value is -0.860. The summed E-state index contributed by atoms with van der Waals surface area (Å²) in [7, 11) is 0. The van der Waals surface area contributed by atoms with Gasteiger partial charge in [-0.15, -0.1) is 0 Å². The van der Waals surface area contributed by atoms with Gasteiger partial charge in [0.15, 0.2) is 0 Å². The van der Waals surface area contributed by atoms with Gasteiger partial charge in [0.25, 0.3) is 0 Å². The van der Waals surface area contributed by atoms with Crippen molar-refractivity contribution in [3.05, 3.63) is 0 Å². The summed E-state index contributed by atoms with van der Waals surface area (Å²) in [5.74, 6) is 0.493. The number of carbonyl (C=O) groups is 2. The van der Waals surface area contributed by atoms with Crippen molar-refractivity contribution in [3.63, 3.8) is 0 Å². The fraction of sp³-hybridized carbons (Fsp3) is 0.846. The number of imide groups is 1. The highest BCUT2D eigenvalue weighted by atomic mass is 16.2. The highest BCUT2D eigenvalue weighted by molar-refractivity contribution is 5.95. The number of rotatable bonds is 5. The first-order chi connectivity index (χ1) is 7.25. The van der Waals surface area contributed by atoms with Crippen LogP contribution < -0.4 is 0 Å². The molecule has 3 nitrogen and oxygen atoms in total. The molecule has 0 bridgehead atoms. The van der Waals surface area contributed by atoms with E-state index < -0.39 is 0 Å². The molecule has 0 atom stereocenters. The quantitative estimate of drug-likeness (QED) is 0.724. The molecule has 2 amide bonds. The van der Waals surface area contributed by atoms with Gasteiger partial charge in [-0.1, -0.05) is 27.7 Å². The minimum atomic E-state index is -0.0457. The van der Waals surface area contributed by atoms with Crippen LogP contribution in [0, 0.1) is 11.8 Å². The molecule has 0 fully saturated rings. The summed E-state index contributed by atoms with van der Waals surface area (Å²) in [6.45, 7) is 11.7. The van der Waals surface area contributed by atoms with Gasteiger partial charge in [-0.25, -0.2) is 0 Å². The molecule has 16 heavy (non-hydrogen) atoms. The van der Waals surface area contributed by atoms with Crippen LogP contribution in [0.5, 0.6) is 0 Å². The van der Waals surface area contributed by atoms with E-state index in [1.807, 2.05) is 41.5 Å². The topological polar surface area (TPSA) is 37.4 Å². The fourth-order valence-corrected chi connectivity index (χ4v) is 1.61. The van der Waals surface area contributed by atoms with Gasteiger partial charge in [-0.3, -0.25) is 14.5 Å². The molecule has 0 aromatic rings. The van der Waals surface area contributed by atoms with Crippen molar-refractivity contribution in [1.82, 2.24) is 4.90 Å². The van der Waals surface area contributed by atoms with Crippen molar-refractivity contribution in [2.75, 3.05) is 0 Å². The summed E-state index contributed by atoms with van der Waals surface area (Å²) in [5.41, 5.74) is 0. The summed E-state index contributed by atoms with van der Waals surface area (Å²) in [6.07, 6.45) is 0.893. The average molecular weight is 227 g/mol. The van der Waals surface area contributed by atoms with Gasteiger partial charge >= 0.3 is 0 Å². The lowest BCUT2D eigenvalue weighted by atomic mass is 10.1. The molecule has 0 aliphatic rings. The van der Waals surface area contributed by atoms with Crippen LogP contribution in [-0.4, -0.2) is 22.8 Å². The van der Waals surface area contributed by atoms with Crippen molar-refractivity contribution in [2.45, 2.75) is 60.4 Å². The summed E-state index contributed by atoms with van der Waals surface area (Å²) in [4.78, 5) is 25.3. The van der Waals surface area contributed by atoms with E-state index in [0.29, 0.717) is 24.7 Å². The van der Waals surface area contributed by atoms with E-state index in [1.54, 1.807) is 0 Å². The average Bonchev–Trinajstić information content (AvgIpc) is 1.98. The van der Waals surface area contributed by atoms with Gasteiger partial charge in [0.1, 0.15) is 0 Å². The maximum absolute atomic E-state index is 11.9. The molecule has 0 aliphatic heterocycles. The van der Waals surface area contributed by atoms with Gasteiger partial charge in [0, 0.05) is 18.9 Å². The first-order valence-electron chi connectivity index (χ1n) is 6.10. The maximum atomic E-state index is 11.9. The van der Waals surface area contributed by atoms with Crippen LogP contribution in [0.4, 0.5) is 0 Å². The highest BCUT2D eigenvalue weighted by Gasteiger charge is 2.24. The molecule has 0 aliphatic carbocycles. The molecule has 0 rings (SSSR count). The predicted octanol–water partition coefficient (Wildman–Crippen LogP) is 2.84.